The second kappa shape index (κ2) is 7.13. The number of carboxylic acid groups (broad SMARTS) is 1. The molecule has 1 aromatic rings. The maximum atomic E-state index is 11.8. The molecule has 5 radical (unpaired) electrons. The number of benzene rings is 1. The SMILES string of the molecule is O=C(CCC(=O)[C]1[CH][CH][CH][CH]1)Nc1c(O)ccc(C(=O)O)c1O. The predicted molar refractivity (Wildman–Crippen MR) is 80.0 cm³/mol. The van der Waals surface area contributed by atoms with Gasteiger partial charge in [0.2, 0.25) is 5.91 Å². The van der Waals surface area contributed by atoms with Crippen LogP contribution in [0.1, 0.15) is 23.2 Å². The number of carbonyl (C=O) groups excluding carboxylic acids is 2. The molecule has 4 N–H and O–H groups in total. The van der Waals surface area contributed by atoms with Gasteiger partial charge in [-0.2, -0.15) is 0 Å². The molecule has 0 aliphatic heterocycles. The zero-order valence-electron chi connectivity index (χ0n) is 11.9. The van der Waals surface area contributed by atoms with E-state index < -0.39 is 34.6 Å². The van der Waals surface area contributed by atoms with Gasteiger partial charge in [0.15, 0.2) is 5.75 Å². The van der Waals surface area contributed by atoms with Gasteiger partial charge in [0.25, 0.3) is 0 Å². The molecule has 0 unspecified atom stereocenters. The van der Waals surface area contributed by atoms with Crippen molar-refractivity contribution in [3.63, 3.8) is 0 Å². The summed E-state index contributed by atoms with van der Waals surface area (Å²) < 4.78 is 0. The van der Waals surface area contributed by atoms with Crippen molar-refractivity contribution in [1.82, 2.24) is 0 Å². The molecule has 0 atom stereocenters. The van der Waals surface area contributed by atoms with Crippen molar-refractivity contribution in [2.45, 2.75) is 12.8 Å². The minimum atomic E-state index is -1.40. The first-order chi connectivity index (χ1) is 10.9. The lowest BCUT2D eigenvalue weighted by Crippen LogP contribution is -2.16. The number of phenols is 2. The Balaban J connectivity index is 1.98. The molecule has 119 valence electrons. The number of amides is 1. The summed E-state index contributed by atoms with van der Waals surface area (Å²) in [6.45, 7) is 0. The highest BCUT2D eigenvalue weighted by Gasteiger charge is 2.25. The Bertz CT molecular complexity index is 634. The smallest absolute Gasteiger partial charge is 0.339 e. The fourth-order valence-corrected chi connectivity index (χ4v) is 2.01. The van der Waals surface area contributed by atoms with Crippen LogP contribution in [0.4, 0.5) is 5.69 Å². The second-order valence-electron chi connectivity index (χ2n) is 4.81. The number of carbonyl (C=O) groups is 3. The Labute approximate surface area is 132 Å². The van der Waals surface area contributed by atoms with E-state index in [1.54, 1.807) is 25.7 Å². The third-order valence-electron chi connectivity index (χ3n) is 3.21. The fourth-order valence-electron chi connectivity index (χ4n) is 2.01. The van der Waals surface area contributed by atoms with Gasteiger partial charge in [-0.1, -0.05) is 0 Å². The number of rotatable bonds is 6. The van der Waals surface area contributed by atoms with Crippen molar-refractivity contribution in [2.24, 2.45) is 0 Å². The summed E-state index contributed by atoms with van der Waals surface area (Å²) >= 11 is 0. The van der Waals surface area contributed by atoms with E-state index in [-0.39, 0.29) is 18.6 Å². The van der Waals surface area contributed by atoms with Gasteiger partial charge in [-0.3, -0.25) is 9.59 Å². The molecule has 0 saturated heterocycles. The van der Waals surface area contributed by atoms with Crippen LogP contribution in [0.25, 0.3) is 0 Å². The van der Waals surface area contributed by atoms with Crippen molar-refractivity contribution < 1.29 is 29.7 Å². The van der Waals surface area contributed by atoms with Gasteiger partial charge in [-0.05, 0) is 37.8 Å². The van der Waals surface area contributed by atoms with Crippen LogP contribution in [0.5, 0.6) is 11.5 Å². The molecular formula is C16H14NO6. The molecule has 0 spiro atoms. The van der Waals surface area contributed by atoms with Crippen LogP contribution in [0, 0.1) is 31.6 Å². The molecule has 1 aliphatic carbocycles. The summed E-state index contributed by atoms with van der Waals surface area (Å²) in [5.74, 6) is -2.95. The zero-order chi connectivity index (χ0) is 17.0. The summed E-state index contributed by atoms with van der Waals surface area (Å²) in [6, 6.07) is 2.06. The lowest BCUT2D eigenvalue weighted by Gasteiger charge is -2.11. The Morgan fingerprint density at radius 1 is 1.00 bits per heavy atom. The molecule has 23 heavy (non-hydrogen) atoms. The number of aromatic carboxylic acids is 1. The van der Waals surface area contributed by atoms with Gasteiger partial charge in [0.05, 0.1) is 0 Å². The van der Waals surface area contributed by atoms with Crippen LogP contribution in [0.2, 0.25) is 0 Å². The lowest BCUT2D eigenvalue weighted by atomic mass is 9.99. The molecule has 1 aromatic carbocycles. The van der Waals surface area contributed by atoms with E-state index in [9.17, 15) is 24.6 Å². The van der Waals surface area contributed by atoms with Crippen molar-refractivity contribution in [3.05, 3.63) is 49.3 Å². The number of ketones is 1. The number of phenolic OH excluding ortho intramolecular Hbond substituents is 1. The fraction of sp³-hybridized carbons (Fsp3) is 0.125. The van der Waals surface area contributed by atoms with Crippen LogP contribution < -0.4 is 5.32 Å². The molecule has 7 nitrogen and oxygen atoms in total. The second-order valence-corrected chi connectivity index (χ2v) is 4.81. The van der Waals surface area contributed by atoms with E-state index in [0.717, 1.165) is 12.1 Å². The van der Waals surface area contributed by atoms with E-state index in [0.29, 0.717) is 5.92 Å². The summed E-state index contributed by atoms with van der Waals surface area (Å²) in [5.41, 5.74) is -0.846. The number of hydrogen-bond donors (Lipinski definition) is 4. The quantitative estimate of drug-likeness (QED) is 0.589. The summed E-state index contributed by atoms with van der Waals surface area (Å²) in [7, 11) is 0. The van der Waals surface area contributed by atoms with E-state index in [2.05, 4.69) is 5.32 Å². The Hall–Kier alpha value is -2.57. The predicted octanol–water partition coefficient (Wildman–Crippen LogP) is 1.49. The van der Waals surface area contributed by atoms with Crippen molar-refractivity contribution in [1.29, 1.82) is 0 Å². The molecule has 7 heteroatoms. The van der Waals surface area contributed by atoms with E-state index >= 15 is 0 Å². The Morgan fingerprint density at radius 2 is 1.65 bits per heavy atom. The first-order valence-electron chi connectivity index (χ1n) is 6.73. The van der Waals surface area contributed by atoms with Crippen LogP contribution in [-0.4, -0.2) is 33.0 Å². The molecular weight excluding hydrogens is 302 g/mol. The average molecular weight is 316 g/mol. The third-order valence-corrected chi connectivity index (χ3v) is 3.21. The van der Waals surface area contributed by atoms with Crippen LogP contribution >= 0.6 is 0 Å². The van der Waals surface area contributed by atoms with Gasteiger partial charge < -0.3 is 20.6 Å². The van der Waals surface area contributed by atoms with E-state index in [4.69, 9.17) is 5.11 Å². The average Bonchev–Trinajstić information content (AvgIpc) is 3.03. The van der Waals surface area contributed by atoms with E-state index in [1.165, 1.54) is 0 Å². The topological polar surface area (TPSA) is 124 Å². The number of carboxylic acids is 1. The molecule has 1 saturated carbocycles. The highest BCUT2D eigenvalue weighted by atomic mass is 16.4. The zero-order valence-corrected chi connectivity index (χ0v) is 11.9. The number of Topliss-reactive ketones (excluding diaryl/α,β-unsaturated/α-hetero) is 1. The molecule has 0 heterocycles. The standard InChI is InChI=1S/C16H14NO6/c18-11(9-3-1-2-4-9)7-8-13(20)17-14-12(19)6-5-10(15(14)21)16(22)23/h1-6,19,21H,7-8H2,(H,17,20)(H,22,23). The van der Waals surface area contributed by atoms with Gasteiger partial charge in [-0.15, -0.1) is 0 Å². The normalized spacial score (nSPS) is 14.6. The van der Waals surface area contributed by atoms with Crippen molar-refractivity contribution in [3.8, 4) is 11.5 Å². The lowest BCUT2D eigenvalue weighted by molar-refractivity contribution is -0.121. The Morgan fingerprint density at radius 3 is 2.26 bits per heavy atom. The van der Waals surface area contributed by atoms with Gasteiger partial charge in [-0.25, -0.2) is 4.79 Å². The minimum Gasteiger partial charge on any atom is -0.506 e. The molecule has 1 aliphatic rings. The molecule has 0 aromatic heterocycles. The summed E-state index contributed by atoms with van der Waals surface area (Å²) in [6.07, 6.45) is 6.47. The van der Waals surface area contributed by atoms with Gasteiger partial charge >= 0.3 is 5.97 Å². The summed E-state index contributed by atoms with van der Waals surface area (Å²) in [4.78, 5) is 34.5. The highest BCUT2D eigenvalue weighted by Crippen LogP contribution is 2.36. The third kappa shape index (κ3) is 4.00. The van der Waals surface area contributed by atoms with Crippen molar-refractivity contribution in [2.75, 3.05) is 5.32 Å². The molecule has 1 amide bonds. The number of anilines is 1. The number of hydrogen-bond acceptors (Lipinski definition) is 5. The monoisotopic (exact) mass is 316 g/mol. The van der Waals surface area contributed by atoms with Crippen LogP contribution in [0.3, 0.4) is 0 Å². The van der Waals surface area contributed by atoms with Gasteiger partial charge in [0.1, 0.15) is 22.8 Å². The van der Waals surface area contributed by atoms with Crippen LogP contribution in [-0.2, 0) is 9.59 Å². The number of nitrogens with one attached hydrogen (secondary N) is 1. The first-order valence-corrected chi connectivity index (χ1v) is 6.73. The number of aromatic hydroxyl groups is 2. The van der Waals surface area contributed by atoms with Crippen molar-refractivity contribution >= 4 is 23.3 Å². The maximum absolute atomic E-state index is 11.8. The van der Waals surface area contributed by atoms with E-state index in [1.807, 2.05) is 0 Å². The molecule has 1 fully saturated rings. The summed E-state index contributed by atoms with van der Waals surface area (Å²) in [5, 5.41) is 30.6. The maximum Gasteiger partial charge on any atom is 0.339 e. The highest BCUT2D eigenvalue weighted by molar-refractivity contribution is 6.03. The first kappa shape index (κ1) is 16.8. The molecule has 2 rings (SSSR count). The van der Waals surface area contributed by atoms with Crippen LogP contribution in [0.15, 0.2) is 12.1 Å². The minimum absolute atomic E-state index is 0.0456. The Kier molecular flexibility index (Phi) is 5.20. The van der Waals surface area contributed by atoms with Gasteiger partial charge in [0, 0.05) is 18.8 Å². The molecule has 0 bridgehead atoms. The largest absolute Gasteiger partial charge is 0.506 e.